The van der Waals surface area contributed by atoms with Crippen molar-refractivity contribution in [3.05, 3.63) is 0 Å². The van der Waals surface area contributed by atoms with Gasteiger partial charge in [-0.15, -0.1) is 0 Å². The maximum Gasteiger partial charge on any atom is 0.225 e. The van der Waals surface area contributed by atoms with E-state index in [1.54, 1.807) is 25.8 Å². The largest absolute Gasteiger partial charge is 0.342 e. The third kappa shape index (κ3) is 4.18. The number of carbonyl (C=O) groups excluding carboxylic acids is 1. The van der Waals surface area contributed by atoms with E-state index in [0.29, 0.717) is 6.42 Å². The smallest absolute Gasteiger partial charge is 0.225 e. The fourth-order valence-electron chi connectivity index (χ4n) is 2.61. The van der Waals surface area contributed by atoms with Crippen LogP contribution in [0.3, 0.4) is 0 Å². The summed E-state index contributed by atoms with van der Waals surface area (Å²) < 4.78 is 23.1. The van der Waals surface area contributed by atoms with E-state index in [9.17, 15) is 13.2 Å². The molecule has 112 valence electrons. The van der Waals surface area contributed by atoms with E-state index in [4.69, 9.17) is 5.73 Å². The molecule has 5 nitrogen and oxygen atoms in total. The highest BCUT2D eigenvalue weighted by Gasteiger charge is 2.33. The first-order chi connectivity index (χ1) is 8.64. The van der Waals surface area contributed by atoms with Crippen molar-refractivity contribution >= 4 is 15.7 Å². The number of nitrogens with zero attached hydrogens (tertiary/aromatic N) is 1. The second-order valence-corrected chi connectivity index (χ2v) is 8.25. The van der Waals surface area contributed by atoms with E-state index in [-0.39, 0.29) is 23.9 Å². The van der Waals surface area contributed by atoms with Crippen molar-refractivity contribution in [2.24, 2.45) is 11.7 Å². The lowest BCUT2D eigenvalue weighted by Crippen LogP contribution is -2.48. The third-order valence-electron chi connectivity index (χ3n) is 4.38. The van der Waals surface area contributed by atoms with E-state index < -0.39 is 15.1 Å². The average molecular weight is 290 g/mol. The topological polar surface area (TPSA) is 80.5 Å². The Hall–Kier alpha value is -0.620. The Morgan fingerprint density at radius 2 is 1.89 bits per heavy atom. The molecule has 0 heterocycles. The predicted octanol–water partition coefficient (Wildman–Crippen LogP) is 0.784. The van der Waals surface area contributed by atoms with Crippen LogP contribution in [-0.2, 0) is 14.6 Å². The second kappa shape index (κ2) is 6.22. The number of amides is 1. The minimum atomic E-state index is -3.14. The number of rotatable bonds is 4. The quantitative estimate of drug-likeness (QED) is 0.830. The van der Waals surface area contributed by atoms with E-state index in [1.165, 1.54) is 6.26 Å². The van der Waals surface area contributed by atoms with Gasteiger partial charge >= 0.3 is 0 Å². The first-order valence-electron chi connectivity index (χ1n) is 6.85. The molecule has 1 fully saturated rings. The fraction of sp³-hybridized carbons (Fsp3) is 0.923. The number of sulfone groups is 1. The van der Waals surface area contributed by atoms with Crippen LogP contribution < -0.4 is 5.73 Å². The van der Waals surface area contributed by atoms with Crippen LogP contribution in [0, 0.1) is 5.92 Å². The molecule has 1 aliphatic carbocycles. The minimum Gasteiger partial charge on any atom is -0.342 e. The van der Waals surface area contributed by atoms with Gasteiger partial charge < -0.3 is 10.6 Å². The van der Waals surface area contributed by atoms with Gasteiger partial charge in [-0.05, 0) is 33.1 Å². The Kier molecular flexibility index (Phi) is 5.38. The summed E-state index contributed by atoms with van der Waals surface area (Å²) in [6.07, 6.45) is 4.73. The van der Waals surface area contributed by atoms with Crippen molar-refractivity contribution in [3.8, 4) is 0 Å². The molecule has 0 aromatic rings. The van der Waals surface area contributed by atoms with Gasteiger partial charge in [0.1, 0.15) is 0 Å². The van der Waals surface area contributed by atoms with Crippen molar-refractivity contribution in [1.29, 1.82) is 0 Å². The fourth-order valence-corrected chi connectivity index (χ4v) is 3.51. The van der Waals surface area contributed by atoms with Crippen molar-refractivity contribution in [1.82, 2.24) is 4.90 Å². The number of hydrogen-bond donors (Lipinski definition) is 1. The third-order valence-corrected chi connectivity index (χ3v) is 6.12. The predicted molar refractivity (Wildman–Crippen MR) is 76.5 cm³/mol. The van der Waals surface area contributed by atoms with Crippen LogP contribution in [0.5, 0.6) is 0 Å². The molecule has 0 bridgehead atoms. The van der Waals surface area contributed by atoms with Gasteiger partial charge in [0.15, 0.2) is 9.84 Å². The van der Waals surface area contributed by atoms with E-state index in [1.807, 2.05) is 0 Å². The highest BCUT2D eigenvalue weighted by atomic mass is 32.2. The average Bonchev–Trinajstić information content (AvgIpc) is 2.34. The van der Waals surface area contributed by atoms with E-state index in [2.05, 4.69) is 0 Å². The Morgan fingerprint density at radius 1 is 1.32 bits per heavy atom. The lowest BCUT2D eigenvalue weighted by molar-refractivity contribution is -0.137. The Bertz CT molecular complexity index is 422. The van der Waals surface area contributed by atoms with Crippen molar-refractivity contribution in [3.63, 3.8) is 0 Å². The molecule has 4 atom stereocenters. The molecule has 6 heteroatoms. The van der Waals surface area contributed by atoms with Gasteiger partial charge in [-0.25, -0.2) is 8.42 Å². The van der Waals surface area contributed by atoms with Crippen LogP contribution >= 0.6 is 0 Å². The van der Waals surface area contributed by atoms with Crippen LogP contribution in [0.4, 0.5) is 0 Å². The molecule has 4 unspecified atom stereocenters. The summed E-state index contributed by atoms with van der Waals surface area (Å²) >= 11 is 0. The monoisotopic (exact) mass is 290 g/mol. The highest BCUT2D eigenvalue weighted by molar-refractivity contribution is 7.91. The first-order valence-corrected chi connectivity index (χ1v) is 8.81. The Labute approximate surface area is 116 Å². The zero-order valence-electron chi connectivity index (χ0n) is 12.3. The summed E-state index contributed by atoms with van der Waals surface area (Å²) in [5.74, 6) is -0.0267. The lowest BCUT2D eigenvalue weighted by Gasteiger charge is -2.34. The van der Waals surface area contributed by atoms with Gasteiger partial charge in [0.05, 0.1) is 5.25 Å². The summed E-state index contributed by atoms with van der Waals surface area (Å²) in [7, 11) is -1.45. The molecule has 0 spiro atoms. The van der Waals surface area contributed by atoms with Gasteiger partial charge in [-0.2, -0.15) is 0 Å². The maximum atomic E-state index is 12.4. The van der Waals surface area contributed by atoms with Gasteiger partial charge in [0.2, 0.25) is 5.91 Å². The van der Waals surface area contributed by atoms with Crippen LogP contribution in [0.25, 0.3) is 0 Å². The zero-order valence-corrected chi connectivity index (χ0v) is 13.1. The minimum absolute atomic E-state index is 0.0261. The van der Waals surface area contributed by atoms with Crippen LogP contribution in [0.1, 0.15) is 39.5 Å². The van der Waals surface area contributed by atoms with Gasteiger partial charge in [-0.1, -0.05) is 6.42 Å². The van der Waals surface area contributed by atoms with Crippen LogP contribution in [0.15, 0.2) is 0 Å². The number of hydrogen-bond acceptors (Lipinski definition) is 4. The molecule has 1 amide bonds. The standard InChI is InChI=1S/C13H26N2O3S/c1-9(10(2)19(4,17)18)15(3)13(16)11-6-5-7-12(14)8-11/h9-12H,5-8,14H2,1-4H3. The van der Waals surface area contributed by atoms with Crippen molar-refractivity contribution < 1.29 is 13.2 Å². The molecule has 1 rings (SSSR count). The van der Waals surface area contributed by atoms with Crippen LogP contribution in [-0.4, -0.2) is 49.9 Å². The van der Waals surface area contributed by atoms with Gasteiger partial charge in [-0.3, -0.25) is 4.79 Å². The Balaban J connectivity index is 2.71. The molecule has 0 aliphatic heterocycles. The molecule has 19 heavy (non-hydrogen) atoms. The molecule has 0 radical (unpaired) electrons. The molecule has 2 N–H and O–H groups in total. The van der Waals surface area contributed by atoms with Crippen LogP contribution in [0.2, 0.25) is 0 Å². The Morgan fingerprint density at radius 3 is 2.37 bits per heavy atom. The molecular formula is C13H26N2O3S. The summed E-state index contributed by atoms with van der Waals surface area (Å²) in [6, 6.07) is -0.223. The summed E-state index contributed by atoms with van der Waals surface area (Å²) in [5.41, 5.74) is 5.90. The number of nitrogens with two attached hydrogens (primary N) is 1. The lowest BCUT2D eigenvalue weighted by atomic mass is 9.85. The molecular weight excluding hydrogens is 264 g/mol. The van der Waals surface area contributed by atoms with Crippen molar-refractivity contribution in [2.45, 2.75) is 56.9 Å². The summed E-state index contributed by atoms with van der Waals surface area (Å²) in [5, 5.41) is -0.557. The summed E-state index contributed by atoms with van der Waals surface area (Å²) in [4.78, 5) is 14.0. The molecule has 1 aliphatic rings. The maximum absolute atomic E-state index is 12.4. The highest BCUT2D eigenvalue weighted by Crippen LogP contribution is 2.26. The molecule has 0 saturated heterocycles. The molecule has 1 saturated carbocycles. The normalized spacial score (nSPS) is 27.6. The first kappa shape index (κ1) is 16.4. The number of carbonyl (C=O) groups is 1. The second-order valence-electron chi connectivity index (χ2n) is 5.85. The molecule has 0 aromatic heterocycles. The SMILES string of the molecule is CC(C(C)S(C)(=O)=O)N(C)C(=O)C1CCCC(N)C1. The molecule has 0 aromatic carbocycles. The zero-order chi connectivity index (χ0) is 14.8. The van der Waals surface area contributed by atoms with E-state index >= 15 is 0 Å². The van der Waals surface area contributed by atoms with Crippen molar-refractivity contribution in [2.75, 3.05) is 13.3 Å². The summed E-state index contributed by atoms with van der Waals surface area (Å²) in [6.45, 7) is 3.43. The van der Waals surface area contributed by atoms with Gasteiger partial charge in [0.25, 0.3) is 0 Å². The van der Waals surface area contributed by atoms with Gasteiger partial charge in [0, 0.05) is 31.3 Å². The van der Waals surface area contributed by atoms with E-state index in [0.717, 1.165) is 19.3 Å².